The predicted octanol–water partition coefficient (Wildman–Crippen LogP) is -0.248. The quantitative estimate of drug-likeness (QED) is 0.0704. The highest BCUT2D eigenvalue weighted by atomic mass is 32.2. The van der Waals surface area contributed by atoms with Crippen molar-refractivity contribution in [3.63, 3.8) is 0 Å². The van der Waals surface area contributed by atoms with E-state index in [9.17, 15) is 24.3 Å². The molecule has 0 radical (unpaired) electrons. The maximum absolute atomic E-state index is 13.2. The lowest BCUT2D eigenvalue weighted by atomic mass is 9.95. The van der Waals surface area contributed by atoms with Gasteiger partial charge in [-0.15, -0.1) is 0 Å². The van der Waals surface area contributed by atoms with Gasteiger partial charge in [-0.3, -0.25) is 19.4 Å². The second kappa shape index (κ2) is 17.8. The molecule has 3 amide bonds. The molecule has 0 aliphatic carbocycles. The maximum atomic E-state index is 13.2. The van der Waals surface area contributed by atoms with Crippen molar-refractivity contribution in [2.45, 2.75) is 84.0 Å². The number of hydrogen-bond acceptors (Lipinski definition) is 7. The molecule has 0 bridgehead atoms. The van der Waals surface area contributed by atoms with E-state index in [-0.39, 0.29) is 30.8 Å². The van der Waals surface area contributed by atoms with Gasteiger partial charge in [-0.2, -0.15) is 11.8 Å². The predicted molar refractivity (Wildman–Crippen MR) is 143 cm³/mol. The summed E-state index contributed by atoms with van der Waals surface area (Å²) in [4.78, 5) is 54.5. The van der Waals surface area contributed by atoms with Gasteiger partial charge in [-0.1, -0.05) is 40.5 Å². The lowest BCUT2D eigenvalue weighted by Crippen LogP contribution is -2.59. The zero-order valence-electron chi connectivity index (χ0n) is 22.1. The minimum absolute atomic E-state index is 0.0816. The van der Waals surface area contributed by atoms with Gasteiger partial charge in [0, 0.05) is 6.54 Å². The summed E-state index contributed by atoms with van der Waals surface area (Å²) in [6.07, 6.45) is 4.06. The Labute approximate surface area is 218 Å². The minimum atomic E-state index is -1.14. The number of thioether (sulfide) groups is 1. The van der Waals surface area contributed by atoms with E-state index in [0.29, 0.717) is 31.4 Å². The molecule has 0 rings (SSSR count). The molecule has 0 aliphatic heterocycles. The molecular formula is C23H45N7O5S. The van der Waals surface area contributed by atoms with Crippen molar-refractivity contribution in [3.8, 4) is 0 Å². The standard InChI is InChI=1S/C23H45N7O5S/c1-6-13(3)17(21(33)30-18(22(34)35)14(4)7-2)29-20(32)16(9-8-11-27-23(25)26)28-19(31)15(24)10-12-36-5/h13-18H,6-12,24H2,1-5H3,(H,28,31)(H,29,32)(H,30,33)(H,34,35)(H4,25,26,27). The van der Waals surface area contributed by atoms with E-state index >= 15 is 0 Å². The van der Waals surface area contributed by atoms with E-state index in [1.807, 2.05) is 20.1 Å². The zero-order chi connectivity index (χ0) is 27.8. The summed E-state index contributed by atoms with van der Waals surface area (Å²) in [5.41, 5.74) is 16.7. The molecule has 208 valence electrons. The van der Waals surface area contributed by atoms with Gasteiger partial charge < -0.3 is 38.3 Å². The molecule has 13 heteroatoms. The first-order valence-corrected chi connectivity index (χ1v) is 13.7. The van der Waals surface area contributed by atoms with E-state index in [1.54, 1.807) is 25.6 Å². The molecule has 0 aromatic rings. The normalized spacial score (nSPS) is 15.9. The highest BCUT2D eigenvalue weighted by Gasteiger charge is 2.33. The van der Waals surface area contributed by atoms with Crippen molar-refractivity contribution in [1.29, 1.82) is 0 Å². The lowest BCUT2D eigenvalue weighted by Gasteiger charge is -2.29. The monoisotopic (exact) mass is 531 g/mol. The Morgan fingerprint density at radius 2 is 1.44 bits per heavy atom. The topological polar surface area (TPSA) is 215 Å². The Balaban J connectivity index is 5.66. The summed E-state index contributed by atoms with van der Waals surface area (Å²) in [5, 5.41) is 17.5. The molecule has 0 aromatic carbocycles. The van der Waals surface area contributed by atoms with Gasteiger partial charge in [0.15, 0.2) is 5.96 Å². The van der Waals surface area contributed by atoms with Gasteiger partial charge >= 0.3 is 5.97 Å². The lowest BCUT2D eigenvalue weighted by molar-refractivity contribution is -0.144. The van der Waals surface area contributed by atoms with E-state index in [2.05, 4.69) is 20.9 Å². The second-order valence-electron chi connectivity index (χ2n) is 8.98. The molecule has 0 fully saturated rings. The number of amides is 3. The van der Waals surface area contributed by atoms with Crippen LogP contribution in [0.3, 0.4) is 0 Å². The van der Waals surface area contributed by atoms with Crippen LogP contribution in [0.4, 0.5) is 0 Å². The van der Waals surface area contributed by atoms with Gasteiger partial charge in [-0.25, -0.2) is 4.79 Å². The van der Waals surface area contributed by atoms with Gasteiger partial charge in [-0.05, 0) is 43.1 Å². The molecule has 0 aliphatic rings. The molecule has 10 N–H and O–H groups in total. The molecule has 0 spiro atoms. The van der Waals surface area contributed by atoms with Crippen LogP contribution in [0.25, 0.3) is 0 Å². The molecule has 6 atom stereocenters. The van der Waals surface area contributed by atoms with Crippen LogP contribution in [0, 0.1) is 11.8 Å². The number of carbonyl (C=O) groups is 4. The number of rotatable bonds is 18. The fraction of sp³-hybridized carbons (Fsp3) is 0.783. The van der Waals surface area contributed by atoms with Gasteiger partial charge in [0.05, 0.1) is 6.04 Å². The fourth-order valence-corrected chi connectivity index (χ4v) is 3.80. The third kappa shape index (κ3) is 12.4. The Morgan fingerprint density at radius 1 is 0.889 bits per heavy atom. The van der Waals surface area contributed by atoms with E-state index in [0.717, 1.165) is 0 Å². The number of carbonyl (C=O) groups excluding carboxylic acids is 3. The number of guanidine groups is 1. The molecule has 0 saturated heterocycles. The third-order valence-corrected chi connectivity index (χ3v) is 6.76. The Bertz CT molecular complexity index is 748. The highest BCUT2D eigenvalue weighted by Crippen LogP contribution is 2.13. The molecule has 12 nitrogen and oxygen atoms in total. The van der Waals surface area contributed by atoms with Gasteiger partial charge in [0.2, 0.25) is 17.7 Å². The van der Waals surface area contributed by atoms with Gasteiger partial charge in [0.25, 0.3) is 0 Å². The maximum Gasteiger partial charge on any atom is 0.326 e. The Hall–Kier alpha value is -2.54. The van der Waals surface area contributed by atoms with E-state index in [1.165, 1.54) is 0 Å². The number of carboxylic acids is 1. The van der Waals surface area contributed by atoms with Crippen LogP contribution in [0.2, 0.25) is 0 Å². The molecule has 0 saturated carbocycles. The first kappa shape index (κ1) is 33.5. The van der Waals surface area contributed by atoms with Crippen LogP contribution < -0.4 is 33.2 Å². The smallest absolute Gasteiger partial charge is 0.326 e. The van der Waals surface area contributed by atoms with Crippen molar-refractivity contribution in [2.75, 3.05) is 18.6 Å². The highest BCUT2D eigenvalue weighted by molar-refractivity contribution is 7.98. The molecule has 36 heavy (non-hydrogen) atoms. The number of nitrogens with one attached hydrogen (secondary N) is 3. The van der Waals surface area contributed by atoms with Crippen molar-refractivity contribution in [3.05, 3.63) is 0 Å². The number of hydrogen-bond donors (Lipinski definition) is 7. The van der Waals surface area contributed by atoms with E-state index in [4.69, 9.17) is 17.2 Å². The molecular weight excluding hydrogens is 486 g/mol. The number of aliphatic carboxylic acids is 1. The number of nitrogens with zero attached hydrogens (tertiary/aromatic N) is 1. The second-order valence-corrected chi connectivity index (χ2v) is 9.97. The largest absolute Gasteiger partial charge is 0.480 e. The molecule has 0 heterocycles. The summed E-state index contributed by atoms with van der Waals surface area (Å²) >= 11 is 1.56. The molecule has 6 unspecified atom stereocenters. The summed E-state index contributed by atoms with van der Waals surface area (Å²) in [5.74, 6) is -2.76. The summed E-state index contributed by atoms with van der Waals surface area (Å²) in [6.45, 7) is 7.47. The SMILES string of the molecule is CCC(C)C(NC(=O)C(NC(=O)C(CCCN=C(N)N)NC(=O)C(N)CCSC)C(C)CC)C(=O)O. The van der Waals surface area contributed by atoms with Crippen LogP contribution >= 0.6 is 11.8 Å². The number of carboxylic acid groups (broad SMARTS) is 1. The van der Waals surface area contributed by atoms with Crippen LogP contribution in [0.1, 0.15) is 59.8 Å². The zero-order valence-corrected chi connectivity index (χ0v) is 22.9. The minimum Gasteiger partial charge on any atom is -0.480 e. The first-order chi connectivity index (χ1) is 16.9. The van der Waals surface area contributed by atoms with Crippen LogP contribution in [0.15, 0.2) is 4.99 Å². The van der Waals surface area contributed by atoms with Crippen LogP contribution in [0.5, 0.6) is 0 Å². The van der Waals surface area contributed by atoms with Crippen molar-refractivity contribution in [1.82, 2.24) is 16.0 Å². The molecule has 0 aromatic heterocycles. The van der Waals surface area contributed by atoms with Crippen LogP contribution in [-0.4, -0.2) is 77.5 Å². The van der Waals surface area contributed by atoms with E-state index < -0.39 is 47.9 Å². The summed E-state index contributed by atoms with van der Waals surface area (Å²) in [6, 6.07) is -3.84. The average Bonchev–Trinajstić information content (AvgIpc) is 2.84. The van der Waals surface area contributed by atoms with Crippen molar-refractivity contribution >= 4 is 41.4 Å². The Morgan fingerprint density at radius 3 is 1.94 bits per heavy atom. The van der Waals surface area contributed by atoms with Gasteiger partial charge in [0.1, 0.15) is 18.1 Å². The average molecular weight is 532 g/mol. The number of aliphatic imine (C=N–C) groups is 1. The third-order valence-electron chi connectivity index (χ3n) is 6.12. The number of nitrogens with two attached hydrogens (primary N) is 3. The summed E-state index contributed by atoms with van der Waals surface area (Å²) < 4.78 is 0. The van der Waals surface area contributed by atoms with Crippen molar-refractivity contribution in [2.24, 2.45) is 34.0 Å². The van der Waals surface area contributed by atoms with Crippen LogP contribution in [-0.2, 0) is 19.2 Å². The Kier molecular flexibility index (Phi) is 16.6. The summed E-state index contributed by atoms with van der Waals surface area (Å²) in [7, 11) is 0. The first-order valence-electron chi connectivity index (χ1n) is 12.3. The fourth-order valence-electron chi connectivity index (χ4n) is 3.31. The van der Waals surface area contributed by atoms with Crippen molar-refractivity contribution < 1.29 is 24.3 Å².